The summed E-state index contributed by atoms with van der Waals surface area (Å²) >= 11 is 0. The highest BCUT2D eigenvalue weighted by Gasteiger charge is 2.32. The Bertz CT molecular complexity index is 639. The van der Waals surface area contributed by atoms with Gasteiger partial charge in [0.15, 0.2) is 0 Å². The molecular weight excluding hydrogens is 260 g/mol. The SMILES string of the molecule is N#Cc1ccc(-c2ccc(C(F)(F)F)nc2)cc1F. The molecule has 1 heterocycles. The third kappa shape index (κ3) is 2.71. The number of alkyl halides is 3. The zero-order valence-corrected chi connectivity index (χ0v) is 9.37. The van der Waals surface area contributed by atoms with Crippen molar-refractivity contribution in [2.45, 2.75) is 6.18 Å². The Morgan fingerprint density at radius 1 is 1.05 bits per heavy atom. The number of aromatic nitrogens is 1. The molecule has 2 rings (SSSR count). The van der Waals surface area contributed by atoms with E-state index in [1.165, 1.54) is 18.2 Å². The first-order valence-corrected chi connectivity index (χ1v) is 5.15. The summed E-state index contributed by atoms with van der Waals surface area (Å²) in [7, 11) is 0. The van der Waals surface area contributed by atoms with E-state index in [-0.39, 0.29) is 5.56 Å². The maximum absolute atomic E-state index is 13.4. The molecule has 1 aromatic heterocycles. The van der Waals surface area contributed by atoms with Gasteiger partial charge in [-0.05, 0) is 23.8 Å². The second-order valence-corrected chi connectivity index (χ2v) is 3.74. The van der Waals surface area contributed by atoms with E-state index in [9.17, 15) is 17.6 Å². The van der Waals surface area contributed by atoms with Crippen molar-refractivity contribution in [1.82, 2.24) is 4.98 Å². The molecule has 0 aliphatic carbocycles. The number of benzene rings is 1. The molecule has 0 saturated heterocycles. The quantitative estimate of drug-likeness (QED) is 0.736. The fraction of sp³-hybridized carbons (Fsp3) is 0.0769. The van der Waals surface area contributed by atoms with E-state index in [4.69, 9.17) is 5.26 Å². The fourth-order valence-corrected chi connectivity index (χ4v) is 1.52. The van der Waals surface area contributed by atoms with E-state index in [1.807, 2.05) is 0 Å². The van der Waals surface area contributed by atoms with Crippen molar-refractivity contribution in [3.8, 4) is 17.2 Å². The van der Waals surface area contributed by atoms with Gasteiger partial charge in [-0.1, -0.05) is 12.1 Å². The summed E-state index contributed by atoms with van der Waals surface area (Å²) < 4.78 is 50.4. The summed E-state index contributed by atoms with van der Waals surface area (Å²) in [5.74, 6) is -0.722. The highest BCUT2D eigenvalue weighted by Crippen LogP contribution is 2.29. The molecule has 0 fully saturated rings. The molecule has 19 heavy (non-hydrogen) atoms. The van der Waals surface area contributed by atoms with Crippen LogP contribution in [-0.2, 0) is 6.18 Å². The van der Waals surface area contributed by atoms with Gasteiger partial charge in [-0.3, -0.25) is 4.98 Å². The van der Waals surface area contributed by atoms with Crippen LogP contribution in [0, 0.1) is 17.1 Å². The number of hydrogen-bond acceptors (Lipinski definition) is 2. The zero-order valence-electron chi connectivity index (χ0n) is 9.37. The second-order valence-electron chi connectivity index (χ2n) is 3.74. The third-order valence-corrected chi connectivity index (χ3v) is 2.48. The van der Waals surface area contributed by atoms with E-state index >= 15 is 0 Å². The first kappa shape index (κ1) is 13.0. The first-order valence-electron chi connectivity index (χ1n) is 5.15. The van der Waals surface area contributed by atoms with Crippen LogP contribution in [-0.4, -0.2) is 4.98 Å². The van der Waals surface area contributed by atoms with E-state index in [2.05, 4.69) is 4.98 Å². The summed E-state index contributed by atoms with van der Waals surface area (Å²) in [4.78, 5) is 3.29. The molecule has 0 radical (unpaired) electrons. The van der Waals surface area contributed by atoms with Crippen molar-refractivity contribution in [2.24, 2.45) is 0 Å². The Labute approximate surface area is 105 Å². The predicted octanol–water partition coefficient (Wildman–Crippen LogP) is 3.78. The standard InChI is InChI=1S/C13H6F4N2/c14-11-5-8(1-2-9(11)6-18)10-3-4-12(19-7-10)13(15,16)17/h1-5,7H. The zero-order chi connectivity index (χ0) is 14.0. The Balaban J connectivity index is 2.38. The number of halogens is 4. The van der Waals surface area contributed by atoms with Crippen LogP contribution >= 0.6 is 0 Å². The van der Waals surface area contributed by atoms with Gasteiger partial charge in [0.25, 0.3) is 0 Å². The van der Waals surface area contributed by atoms with Crippen molar-refractivity contribution in [1.29, 1.82) is 5.26 Å². The number of nitrogens with zero attached hydrogens (tertiary/aromatic N) is 2. The molecule has 0 amide bonds. The minimum atomic E-state index is -4.51. The summed E-state index contributed by atoms with van der Waals surface area (Å²) in [5, 5.41) is 8.58. The van der Waals surface area contributed by atoms with Crippen LogP contribution in [0.2, 0.25) is 0 Å². The maximum atomic E-state index is 13.4. The van der Waals surface area contributed by atoms with E-state index in [0.29, 0.717) is 11.1 Å². The van der Waals surface area contributed by atoms with Crippen molar-refractivity contribution in [3.05, 3.63) is 53.6 Å². The second kappa shape index (κ2) is 4.69. The fourth-order valence-electron chi connectivity index (χ4n) is 1.52. The molecule has 0 aliphatic rings. The van der Waals surface area contributed by atoms with Crippen molar-refractivity contribution in [2.75, 3.05) is 0 Å². The van der Waals surface area contributed by atoms with E-state index < -0.39 is 17.7 Å². The van der Waals surface area contributed by atoms with Gasteiger partial charge in [0, 0.05) is 11.8 Å². The highest BCUT2D eigenvalue weighted by molar-refractivity contribution is 5.63. The number of nitriles is 1. The summed E-state index contributed by atoms with van der Waals surface area (Å²) in [5.41, 5.74) is -0.428. The third-order valence-electron chi connectivity index (χ3n) is 2.48. The van der Waals surface area contributed by atoms with Crippen molar-refractivity contribution in [3.63, 3.8) is 0 Å². The Hall–Kier alpha value is -2.42. The Kier molecular flexibility index (Phi) is 3.21. The molecule has 0 bridgehead atoms. The average Bonchev–Trinajstić information content (AvgIpc) is 2.38. The van der Waals surface area contributed by atoms with Gasteiger partial charge in [-0.15, -0.1) is 0 Å². The molecule has 1 aromatic carbocycles. The normalized spacial score (nSPS) is 11.1. The molecule has 0 unspecified atom stereocenters. The molecule has 0 aliphatic heterocycles. The average molecular weight is 266 g/mol. The minimum Gasteiger partial charge on any atom is -0.251 e. The lowest BCUT2D eigenvalue weighted by Crippen LogP contribution is -2.07. The minimum absolute atomic E-state index is 0.122. The van der Waals surface area contributed by atoms with Crippen molar-refractivity contribution < 1.29 is 17.6 Å². The predicted molar refractivity (Wildman–Crippen MR) is 59.3 cm³/mol. The van der Waals surface area contributed by atoms with E-state index in [1.54, 1.807) is 6.07 Å². The topological polar surface area (TPSA) is 36.7 Å². The molecule has 2 nitrogen and oxygen atoms in total. The summed E-state index contributed by atoms with van der Waals surface area (Å²) in [6.45, 7) is 0. The molecule has 96 valence electrons. The molecule has 2 aromatic rings. The molecule has 6 heteroatoms. The molecule has 0 atom stereocenters. The van der Waals surface area contributed by atoms with Crippen LogP contribution in [0.5, 0.6) is 0 Å². The van der Waals surface area contributed by atoms with Crippen LogP contribution < -0.4 is 0 Å². The van der Waals surface area contributed by atoms with Crippen LogP contribution in [0.3, 0.4) is 0 Å². The Morgan fingerprint density at radius 2 is 1.74 bits per heavy atom. The van der Waals surface area contributed by atoms with Gasteiger partial charge in [0.05, 0.1) is 5.56 Å². The molecule has 0 spiro atoms. The van der Waals surface area contributed by atoms with Gasteiger partial charge in [0.2, 0.25) is 0 Å². The molecule has 0 N–H and O–H groups in total. The van der Waals surface area contributed by atoms with Gasteiger partial charge in [0.1, 0.15) is 17.6 Å². The largest absolute Gasteiger partial charge is 0.433 e. The lowest BCUT2D eigenvalue weighted by atomic mass is 10.1. The van der Waals surface area contributed by atoms with Crippen molar-refractivity contribution >= 4 is 0 Å². The van der Waals surface area contributed by atoms with Crippen LogP contribution in [0.1, 0.15) is 11.3 Å². The number of pyridine rings is 1. The number of rotatable bonds is 1. The smallest absolute Gasteiger partial charge is 0.251 e. The summed E-state index contributed by atoms with van der Waals surface area (Å²) in [6, 6.07) is 7.50. The molecule has 0 saturated carbocycles. The Morgan fingerprint density at radius 3 is 2.21 bits per heavy atom. The van der Waals surface area contributed by atoms with E-state index in [0.717, 1.165) is 18.3 Å². The van der Waals surface area contributed by atoms with Gasteiger partial charge >= 0.3 is 6.18 Å². The maximum Gasteiger partial charge on any atom is 0.433 e. The van der Waals surface area contributed by atoms with Crippen LogP contribution in [0.25, 0.3) is 11.1 Å². The monoisotopic (exact) mass is 266 g/mol. The number of hydrogen-bond donors (Lipinski definition) is 0. The van der Waals surface area contributed by atoms with Gasteiger partial charge in [-0.2, -0.15) is 18.4 Å². The molecular formula is C13H6F4N2. The van der Waals surface area contributed by atoms with Gasteiger partial charge < -0.3 is 0 Å². The lowest BCUT2D eigenvalue weighted by molar-refractivity contribution is -0.141. The van der Waals surface area contributed by atoms with Crippen LogP contribution in [0.4, 0.5) is 17.6 Å². The summed E-state index contributed by atoms with van der Waals surface area (Å²) in [6.07, 6.45) is -3.49. The van der Waals surface area contributed by atoms with Gasteiger partial charge in [-0.25, -0.2) is 4.39 Å². The van der Waals surface area contributed by atoms with Crippen LogP contribution in [0.15, 0.2) is 36.5 Å². The lowest BCUT2D eigenvalue weighted by Gasteiger charge is -2.07. The first-order chi connectivity index (χ1) is 8.91. The highest BCUT2D eigenvalue weighted by atomic mass is 19.4.